The number of aryl methyl sites for hydroxylation is 2. The molecule has 0 saturated carbocycles. The SMILES string of the molecule is Cc1ccc(CO)cc1C.Cl. The highest BCUT2D eigenvalue weighted by Gasteiger charge is 1.92. The maximum Gasteiger partial charge on any atom is 0.0681 e. The van der Waals surface area contributed by atoms with Gasteiger partial charge in [0, 0.05) is 0 Å². The molecule has 11 heavy (non-hydrogen) atoms. The first-order chi connectivity index (χ1) is 4.74. The summed E-state index contributed by atoms with van der Waals surface area (Å²) in [7, 11) is 0. The minimum Gasteiger partial charge on any atom is -0.392 e. The van der Waals surface area contributed by atoms with Crippen LogP contribution in [-0.4, -0.2) is 5.11 Å². The van der Waals surface area contributed by atoms with Gasteiger partial charge in [0.05, 0.1) is 6.61 Å². The quantitative estimate of drug-likeness (QED) is 0.689. The number of rotatable bonds is 1. The van der Waals surface area contributed by atoms with Crippen molar-refractivity contribution >= 4 is 12.4 Å². The van der Waals surface area contributed by atoms with Crippen LogP contribution in [0.4, 0.5) is 0 Å². The van der Waals surface area contributed by atoms with Crippen LogP contribution in [-0.2, 0) is 6.61 Å². The summed E-state index contributed by atoms with van der Waals surface area (Å²) in [6.45, 7) is 4.26. The van der Waals surface area contributed by atoms with Gasteiger partial charge in [0.1, 0.15) is 0 Å². The summed E-state index contributed by atoms with van der Waals surface area (Å²) in [5.41, 5.74) is 3.51. The molecule has 0 spiro atoms. The first-order valence-electron chi connectivity index (χ1n) is 3.41. The van der Waals surface area contributed by atoms with Gasteiger partial charge in [-0.25, -0.2) is 0 Å². The van der Waals surface area contributed by atoms with Crippen LogP contribution in [0.25, 0.3) is 0 Å². The topological polar surface area (TPSA) is 20.2 Å². The molecule has 0 aromatic heterocycles. The van der Waals surface area contributed by atoms with E-state index in [1.807, 2.05) is 18.2 Å². The second-order valence-corrected chi connectivity index (χ2v) is 2.58. The van der Waals surface area contributed by atoms with Crippen molar-refractivity contribution in [3.8, 4) is 0 Å². The summed E-state index contributed by atoms with van der Waals surface area (Å²) < 4.78 is 0. The van der Waals surface area contributed by atoms with Crippen LogP contribution in [0.15, 0.2) is 18.2 Å². The summed E-state index contributed by atoms with van der Waals surface area (Å²) in [6.07, 6.45) is 0. The van der Waals surface area contributed by atoms with Crippen molar-refractivity contribution in [1.29, 1.82) is 0 Å². The lowest BCUT2D eigenvalue weighted by atomic mass is 10.1. The molecule has 1 nitrogen and oxygen atoms in total. The van der Waals surface area contributed by atoms with Crippen molar-refractivity contribution in [3.63, 3.8) is 0 Å². The van der Waals surface area contributed by atoms with E-state index in [0.29, 0.717) is 0 Å². The summed E-state index contributed by atoms with van der Waals surface area (Å²) >= 11 is 0. The molecule has 0 radical (unpaired) electrons. The first-order valence-corrected chi connectivity index (χ1v) is 3.41. The van der Waals surface area contributed by atoms with Gasteiger partial charge in [-0.05, 0) is 30.5 Å². The molecule has 0 bridgehead atoms. The number of aliphatic hydroxyl groups excluding tert-OH is 1. The minimum atomic E-state index is 0. The fourth-order valence-electron chi connectivity index (χ4n) is 0.902. The van der Waals surface area contributed by atoms with Gasteiger partial charge < -0.3 is 5.11 Å². The second kappa shape index (κ2) is 4.37. The molecule has 0 saturated heterocycles. The van der Waals surface area contributed by atoms with Gasteiger partial charge in [0.15, 0.2) is 0 Å². The van der Waals surface area contributed by atoms with Crippen molar-refractivity contribution in [2.45, 2.75) is 20.5 Å². The third-order valence-electron chi connectivity index (χ3n) is 1.75. The Labute approximate surface area is 73.5 Å². The van der Waals surface area contributed by atoms with E-state index in [0.717, 1.165) is 5.56 Å². The van der Waals surface area contributed by atoms with E-state index in [4.69, 9.17) is 5.11 Å². The van der Waals surface area contributed by atoms with E-state index in [1.54, 1.807) is 0 Å². The molecule has 62 valence electrons. The third-order valence-corrected chi connectivity index (χ3v) is 1.75. The molecular formula is C9H13ClO. The number of hydrogen-bond acceptors (Lipinski definition) is 1. The van der Waals surface area contributed by atoms with Gasteiger partial charge in [-0.15, -0.1) is 12.4 Å². The van der Waals surface area contributed by atoms with E-state index in [9.17, 15) is 0 Å². The normalized spacial score (nSPS) is 9.00. The van der Waals surface area contributed by atoms with E-state index < -0.39 is 0 Å². The van der Waals surface area contributed by atoms with Crippen LogP contribution < -0.4 is 0 Å². The number of aliphatic hydroxyl groups is 1. The van der Waals surface area contributed by atoms with Gasteiger partial charge in [0.25, 0.3) is 0 Å². The van der Waals surface area contributed by atoms with Gasteiger partial charge in [-0.1, -0.05) is 18.2 Å². The largest absolute Gasteiger partial charge is 0.392 e. The van der Waals surface area contributed by atoms with E-state index in [-0.39, 0.29) is 19.0 Å². The lowest BCUT2D eigenvalue weighted by Crippen LogP contribution is -1.86. The van der Waals surface area contributed by atoms with Gasteiger partial charge >= 0.3 is 0 Å². The Kier molecular flexibility index (Phi) is 4.16. The molecule has 0 heterocycles. The molecule has 0 unspecified atom stereocenters. The second-order valence-electron chi connectivity index (χ2n) is 2.58. The summed E-state index contributed by atoms with van der Waals surface area (Å²) in [4.78, 5) is 0. The van der Waals surface area contributed by atoms with Crippen LogP contribution in [0.2, 0.25) is 0 Å². The van der Waals surface area contributed by atoms with Crippen LogP contribution >= 0.6 is 12.4 Å². The van der Waals surface area contributed by atoms with Crippen LogP contribution in [0, 0.1) is 13.8 Å². The first kappa shape index (κ1) is 10.5. The van der Waals surface area contributed by atoms with Crippen molar-refractivity contribution in [2.24, 2.45) is 0 Å². The molecule has 0 atom stereocenters. The highest BCUT2D eigenvalue weighted by atomic mass is 35.5. The van der Waals surface area contributed by atoms with Crippen LogP contribution in [0.5, 0.6) is 0 Å². The van der Waals surface area contributed by atoms with Gasteiger partial charge in [-0.3, -0.25) is 0 Å². The fraction of sp³-hybridized carbons (Fsp3) is 0.333. The van der Waals surface area contributed by atoms with E-state index >= 15 is 0 Å². The Morgan fingerprint density at radius 2 is 1.82 bits per heavy atom. The Bertz CT molecular complexity index is 233. The monoisotopic (exact) mass is 172 g/mol. The van der Waals surface area contributed by atoms with Crippen LogP contribution in [0.1, 0.15) is 16.7 Å². The van der Waals surface area contributed by atoms with Crippen molar-refractivity contribution in [2.75, 3.05) is 0 Å². The maximum atomic E-state index is 8.75. The molecule has 1 aromatic carbocycles. The smallest absolute Gasteiger partial charge is 0.0681 e. The molecular weight excluding hydrogens is 160 g/mol. The molecule has 2 heteroatoms. The molecule has 0 aliphatic rings. The predicted octanol–water partition coefficient (Wildman–Crippen LogP) is 2.22. The number of halogens is 1. The van der Waals surface area contributed by atoms with Crippen molar-refractivity contribution in [1.82, 2.24) is 0 Å². The highest BCUT2D eigenvalue weighted by molar-refractivity contribution is 5.85. The standard InChI is InChI=1S/C9H12O.ClH/c1-7-3-4-9(6-10)5-8(7)2;/h3-5,10H,6H2,1-2H3;1H. The van der Waals surface area contributed by atoms with E-state index in [1.165, 1.54) is 11.1 Å². The van der Waals surface area contributed by atoms with Crippen LogP contribution in [0.3, 0.4) is 0 Å². The summed E-state index contributed by atoms with van der Waals surface area (Å²) in [6, 6.07) is 5.98. The predicted molar refractivity (Wildman–Crippen MR) is 49.1 cm³/mol. The van der Waals surface area contributed by atoms with Crippen molar-refractivity contribution < 1.29 is 5.11 Å². The Hall–Kier alpha value is -0.530. The van der Waals surface area contributed by atoms with Gasteiger partial charge in [0.2, 0.25) is 0 Å². The molecule has 0 aliphatic carbocycles. The van der Waals surface area contributed by atoms with Gasteiger partial charge in [-0.2, -0.15) is 0 Å². The average Bonchev–Trinajstić information content (AvgIpc) is 1.95. The minimum absolute atomic E-state index is 0. The zero-order chi connectivity index (χ0) is 7.56. The average molecular weight is 173 g/mol. The number of hydrogen-bond donors (Lipinski definition) is 1. The van der Waals surface area contributed by atoms with E-state index in [2.05, 4.69) is 13.8 Å². The summed E-state index contributed by atoms with van der Waals surface area (Å²) in [5.74, 6) is 0. The fourth-order valence-corrected chi connectivity index (χ4v) is 0.902. The lowest BCUT2D eigenvalue weighted by molar-refractivity contribution is 0.282. The summed E-state index contributed by atoms with van der Waals surface area (Å²) in [5, 5.41) is 8.75. The zero-order valence-corrected chi connectivity index (χ0v) is 7.61. The Morgan fingerprint density at radius 3 is 2.27 bits per heavy atom. The third kappa shape index (κ3) is 2.52. The Morgan fingerprint density at radius 1 is 1.18 bits per heavy atom. The Balaban J connectivity index is 0.000001000. The lowest BCUT2D eigenvalue weighted by Gasteiger charge is -2.00. The number of benzene rings is 1. The molecule has 0 amide bonds. The molecule has 1 aromatic rings. The molecule has 1 N–H and O–H groups in total. The highest BCUT2D eigenvalue weighted by Crippen LogP contribution is 2.08. The maximum absolute atomic E-state index is 8.75. The van der Waals surface area contributed by atoms with Crippen molar-refractivity contribution in [3.05, 3.63) is 34.9 Å². The molecule has 0 fully saturated rings. The molecule has 1 rings (SSSR count). The molecule has 0 aliphatic heterocycles. The zero-order valence-electron chi connectivity index (χ0n) is 6.79.